The molecule has 2 aromatic rings. The van der Waals surface area contributed by atoms with Crippen molar-refractivity contribution in [1.29, 1.82) is 0 Å². The minimum Gasteiger partial charge on any atom is -0.480 e. The fraction of sp³-hybridized carbons (Fsp3) is 0.478. The van der Waals surface area contributed by atoms with Gasteiger partial charge >= 0.3 is 12.1 Å². The van der Waals surface area contributed by atoms with Gasteiger partial charge in [0.25, 0.3) is 5.91 Å². The predicted octanol–water partition coefficient (Wildman–Crippen LogP) is 0.0920. The lowest BCUT2D eigenvalue weighted by molar-refractivity contribution is -0.139. The Hall–Kier alpha value is -3.62. The zero-order valence-electron chi connectivity index (χ0n) is 20.5. The van der Waals surface area contributed by atoms with E-state index in [1.807, 2.05) is 6.92 Å². The van der Waals surface area contributed by atoms with Crippen molar-refractivity contribution in [3.63, 3.8) is 0 Å². The molecule has 0 spiro atoms. The molecule has 12 nitrogen and oxygen atoms in total. The van der Waals surface area contributed by atoms with Gasteiger partial charge in [0.2, 0.25) is 5.43 Å². The van der Waals surface area contributed by atoms with Crippen LogP contribution in [0.25, 0.3) is 10.9 Å². The van der Waals surface area contributed by atoms with Gasteiger partial charge in [0.15, 0.2) is 5.82 Å². The number of aliphatic carboxylic acids is 1. The summed E-state index contributed by atoms with van der Waals surface area (Å²) < 4.78 is 36.1. The zero-order valence-corrected chi connectivity index (χ0v) is 20.5. The van der Waals surface area contributed by atoms with Gasteiger partial charge in [-0.3, -0.25) is 25.5 Å². The molecule has 37 heavy (non-hydrogen) atoms. The minimum absolute atomic E-state index is 0.105. The number of halogens is 2. The first kappa shape index (κ1) is 28.0. The Kier molecular flexibility index (Phi) is 9.49. The number of carboxylic acid groups (broad SMARTS) is 1. The third-order valence-electron chi connectivity index (χ3n) is 5.79. The second-order valence-corrected chi connectivity index (χ2v) is 8.49. The number of hydrogen-bond donors (Lipinski definition) is 6. The first-order chi connectivity index (χ1) is 17.6. The fourth-order valence-electron chi connectivity index (χ4n) is 3.79. The van der Waals surface area contributed by atoms with Gasteiger partial charge in [-0.05, 0) is 12.5 Å². The van der Waals surface area contributed by atoms with Crippen LogP contribution in [0, 0.1) is 11.6 Å². The van der Waals surface area contributed by atoms with Crippen molar-refractivity contribution in [3.8, 4) is 0 Å². The molecule has 1 unspecified atom stereocenters. The molecule has 0 bridgehead atoms. The second-order valence-electron chi connectivity index (χ2n) is 8.49. The molecule has 2 amide bonds. The highest BCUT2D eigenvalue weighted by Crippen LogP contribution is 2.22. The molecule has 0 radical (unpaired) electrons. The van der Waals surface area contributed by atoms with Crippen molar-refractivity contribution in [2.45, 2.75) is 38.6 Å². The van der Waals surface area contributed by atoms with Crippen LogP contribution in [0.15, 0.2) is 17.1 Å². The summed E-state index contributed by atoms with van der Waals surface area (Å²) in [6.07, 6.45) is 1.18. The maximum atomic E-state index is 15.3. The summed E-state index contributed by atoms with van der Waals surface area (Å²) >= 11 is 0. The topological polar surface area (TPSA) is 163 Å². The number of rotatable bonds is 11. The second kappa shape index (κ2) is 12.6. The zero-order chi connectivity index (χ0) is 27.1. The van der Waals surface area contributed by atoms with Gasteiger partial charge in [-0.2, -0.15) is 0 Å². The van der Waals surface area contributed by atoms with Crippen LogP contribution in [0.2, 0.25) is 0 Å². The number of amides is 2. The summed E-state index contributed by atoms with van der Waals surface area (Å²) in [4.78, 5) is 48.9. The maximum Gasteiger partial charge on any atom is 0.407 e. The highest BCUT2D eigenvalue weighted by atomic mass is 19.1. The fourth-order valence-corrected chi connectivity index (χ4v) is 3.79. The lowest BCUT2D eigenvalue weighted by atomic mass is 10.1. The Morgan fingerprint density at radius 1 is 1.27 bits per heavy atom. The smallest absolute Gasteiger partial charge is 0.407 e. The molecule has 1 aliphatic rings. The van der Waals surface area contributed by atoms with Crippen molar-refractivity contribution >= 4 is 28.9 Å². The average molecular weight is 525 g/mol. The molecule has 14 heteroatoms. The van der Waals surface area contributed by atoms with Crippen LogP contribution in [0.4, 0.5) is 13.6 Å². The molecule has 1 fully saturated rings. The summed E-state index contributed by atoms with van der Waals surface area (Å²) in [6, 6.07) is -0.658. The van der Waals surface area contributed by atoms with Gasteiger partial charge in [-0.25, -0.2) is 18.4 Å². The van der Waals surface area contributed by atoms with Crippen LogP contribution >= 0.6 is 0 Å². The lowest BCUT2D eigenvalue weighted by Gasteiger charge is -2.17. The van der Waals surface area contributed by atoms with Crippen molar-refractivity contribution in [2.24, 2.45) is 7.05 Å². The number of aromatic nitrogens is 1. The molecular weight excluding hydrogens is 494 g/mol. The van der Waals surface area contributed by atoms with Crippen LogP contribution in [-0.2, 0) is 23.1 Å². The van der Waals surface area contributed by atoms with Crippen LogP contribution < -0.4 is 32.0 Å². The van der Waals surface area contributed by atoms with Crippen LogP contribution in [0.5, 0.6) is 0 Å². The number of aryl methyl sites for hydroxylation is 1. The number of fused-ring (bicyclic) bond motifs is 1. The molecular formula is C23H30F2N6O6. The molecule has 202 valence electrons. The Morgan fingerprint density at radius 2 is 1.97 bits per heavy atom. The standard InChI is InChI=1S/C23H30F2N6O6/c1-3-4-7-37-23(36)30-16(21(34)35)10-28-20(33)14-11-31(2)18-12(19(14)32)8-15(24)13(17(18)25)9-29-22-26-5-6-27-22/h8,11,16,22,26-27,29H,3-7,9-10H2,1-2H3,(H,28,33)(H,30,36)(H,34,35). The number of pyridine rings is 1. The Labute approximate surface area is 210 Å². The summed E-state index contributed by atoms with van der Waals surface area (Å²) in [5.41, 5.74) is -1.84. The van der Waals surface area contributed by atoms with Gasteiger partial charge in [0.1, 0.15) is 23.7 Å². The van der Waals surface area contributed by atoms with E-state index >= 15 is 4.39 Å². The molecule has 0 aliphatic carbocycles. The Morgan fingerprint density at radius 3 is 2.62 bits per heavy atom. The Balaban J connectivity index is 1.77. The summed E-state index contributed by atoms with van der Waals surface area (Å²) in [6.45, 7) is 2.68. The van der Waals surface area contributed by atoms with E-state index in [0.29, 0.717) is 19.5 Å². The molecule has 2 heterocycles. The highest BCUT2D eigenvalue weighted by Gasteiger charge is 2.25. The van der Waals surface area contributed by atoms with E-state index in [4.69, 9.17) is 4.74 Å². The molecule has 3 rings (SSSR count). The number of nitrogens with zero attached hydrogens (tertiary/aromatic N) is 1. The molecule has 6 N–H and O–H groups in total. The molecule has 0 saturated carbocycles. The average Bonchev–Trinajstić information content (AvgIpc) is 3.37. The van der Waals surface area contributed by atoms with E-state index in [9.17, 15) is 28.7 Å². The van der Waals surface area contributed by atoms with E-state index in [-0.39, 0.29) is 35.9 Å². The van der Waals surface area contributed by atoms with Crippen molar-refractivity contribution in [2.75, 3.05) is 26.2 Å². The molecule has 1 aromatic carbocycles. The number of benzene rings is 1. The predicted molar refractivity (Wildman–Crippen MR) is 129 cm³/mol. The van der Waals surface area contributed by atoms with Crippen LogP contribution in [0.3, 0.4) is 0 Å². The van der Waals surface area contributed by atoms with E-state index in [2.05, 4.69) is 26.6 Å². The first-order valence-corrected chi connectivity index (χ1v) is 11.8. The van der Waals surface area contributed by atoms with E-state index in [1.165, 1.54) is 11.6 Å². The van der Waals surface area contributed by atoms with Crippen LogP contribution in [0.1, 0.15) is 35.7 Å². The van der Waals surface area contributed by atoms with Gasteiger partial charge in [-0.1, -0.05) is 13.3 Å². The molecule has 1 saturated heterocycles. The van der Waals surface area contributed by atoms with Crippen molar-refractivity contribution in [3.05, 3.63) is 45.2 Å². The highest BCUT2D eigenvalue weighted by molar-refractivity contribution is 5.97. The lowest BCUT2D eigenvalue weighted by Crippen LogP contribution is -2.49. The summed E-state index contributed by atoms with van der Waals surface area (Å²) in [7, 11) is 1.39. The number of carbonyl (C=O) groups excluding carboxylic acids is 2. The number of ether oxygens (including phenoxy) is 1. The number of hydrogen-bond acceptors (Lipinski definition) is 8. The van der Waals surface area contributed by atoms with Crippen LogP contribution in [-0.4, -0.2) is 66.2 Å². The van der Waals surface area contributed by atoms with Crippen molar-refractivity contribution in [1.82, 2.24) is 31.2 Å². The Bertz CT molecular complexity index is 1230. The molecule has 1 aromatic heterocycles. The molecule has 1 atom stereocenters. The monoisotopic (exact) mass is 524 g/mol. The quantitative estimate of drug-likeness (QED) is 0.224. The van der Waals surface area contributed by atoms with Gasteiger partial charge in [0, 0.05) is 45.0 Å². The normalized spacial score (nSPS) is 14.5. The molecule has 1 aliphatic heterocycles. The minimum atomic E-state index is -1.53. The van der Waals surface area contributed by atoms with Crippen molar-refractivity contribution < 1.29 is 33.0 Å². The largest absolute Gasteiger partial charge is 0.480 e. The number of carboxylic acids is 1. The van der Waals surface area contributed by atoms with E-state index in [1.54, 1.807) is 0 Å². The summed E-state index contributed by atoms with van der Waals surface area (Å²) in [5.74, 6) is -4.31. The number of nitrogens with one attached hydrogen (secondary N) is 5. The SMILES string of the molecule is CCCCOC(=O)NC(CNC(=O)c1cn(C)c2c(F)c(CNC3NCCN3)c(F)cc2c1=O)C(=O)O. The number of alkyl carbamates (subject to hydrolysis) is 1. The third kappa shape index (κ3) is 6.78. The van der Waals surface area contributed by atoms with Gasteiger partial charge in [0.05, 0.1) is 17.5 Å². The van der Waals surface area contributed by atoms with Gasteiger partial charge in [-0.15, -0.1) is 0 Å². The number of carbonyl (C=O) groups is 3. The third-order valence-corrected chi connectivity index (χ3v) is 5.79. The van der Waals surface area contributed by atoms with E-state index < -0.39 is 53.2 Å². The summed E-state index contributed by atoms with van der Waals surface area (Å²) in [5, 5.41) is 22.4. The van der Waals surface area contributed by atoms with Gasteiger partial charge < -0.3 is 25.0 Å². The maximum absolute atomic E-state index is 15.3. The first-order valence-electron chi connectivity index (χ1n) is 11.8. The van der Waals surface area contributed by atoms with E-state index in [0.717, 1.165) is 18.7 Å². The number of unbranched alkanes of at least 4 members (excludes halogenated alkanes) is 1.